The molecular weight excluding hydrogens is 443 g/mol. The minimum absolute atomic E-state index is 0.107. The van der Waals surface area contributed by atoms with E-state index in [-0.39, 0.29) is 10.8 Å². The molecule has 3 heterocycles. The van der Waals surface area contributed by atoms with Crippen LogP contribution < -0.4 is 11.1 Å². The summed E-state index contributed by atoms with van der Waals surface area (Å²) >= 11 is 1.14. The molecule has 11 heteroatoms. The van der Waals surface area contributed by atoms with E-state index in [2.05, 4.69) is 15.3 Å². The summed E-state index contributed by atoms with van der Waals surface area (Å²) < 4.78 is 40.3. The van der Waals surface area contributed by atoms with Gasteiger partial charge in [0.05, 0.1) is 16.3 Å². The predicted octanol–water partition coefficient (Wildman–Crippen LogP) is 4.47. The van der Waals surface area contributed by atoms with E-state index in [1.165, 1.54) is 17.2 Å². The smallest absolute Gasteiger partial charge is 0.368 e. The molecule has 174 valence electrons. The molecule has 0 radical (unpaired) electrons. The average molecular weight is 470 g/mol. The van der Waals surface area contributed by atoms with Crippen LogP contribution in [0.3, 0.4) is 0 Å². The van der Waals surface area contributed by atoms with Gasteiger partial charge in [0.25, 0.3) is 0 Å². The highest BCUT2D eigenvalue weighted by Crippen LogP contribution is 2.42. The molecule has 2 aromatic heterocycles. The zero-order valence-electron chi connectivity index (χ0n) is 18.5. The molecule has 1 atom stereocenters. The van der Waals surface area contributed by atoms with Crippen LogP contribution in [-0.4, -0.2) is 45.6 Å². The molecule has 7 nitrogen and oxygen atoms in total. The van der Waals surface area contributed by atoms with Crippen molar-refractivity contribution in [2.45, 2.75) is 58.7 Å². The van der Waals surface area contributed by atoms with E-state index in [9.17, 15) is 22.8 Å². The molecule has 32 heavy (non-hydrogen) atoms. The number of thiazole rings is 1. The summed E-state index contributed by atoms with van der Waals surface area (Å²) in [5.74, 6) is -0.574. The second-order valence-electron chi connectivity index (χ2n) is 9.15. The number of amides is 3. The van der Waals surface area contributed by atoms with E-state index in [1.807, 2.05) is 13.8 Å². The number of alkyl halides is 3. The first kappa shape index (κ1) is 24.0. The molecule has 2 aromatic rings. The van der Waals surface area contributed by atoms with Gasteiger partial charge in [-0.3, -0.25) is 15.1 Å². The number of rotatable bonds is 4. The highest BCUT2D eigenvalue weighted by atomic mass is 32.1. The van der Waals surface area contributed by atoms with Crippen molar-refractivity contribution < 1.29 is 22.8 Å². The summed E-state index contributed by atoms with van der Waals surface area (Å²) in [5, 5.41) is 2.98. The van der Waals surface area contributed by atoms with Crippen LogP contribution in [0.4, 0.5) is 23.1 Å². The van der Waals surface area contributed by atoms with Gasteiger partial charge in [-0.25, -0.2) is 9.78 Å². The minimum atomic E-state index is -4.46. The van der Waals surface area contributed by atoms with E-state index in [0.717, 1.165) is 25.2 Å². The fourth-order valence-corrected chi connectivity index (χ4v) is 4.75. The summed E-state index contributed by atoms with van der Waals surface area (Å²) in [5.41, 5.74) is 3.94. The number of urea groups is 1. The first-order chi connectivity index (χ1) is 14.6. The Kier molecular flexibility index (Phi) is 6.01. The lowest BCUT2D eigenvalue weighted by atomic mass is 9.84. The second-order valence-corrected chi connectivity index (χ2v) is 10.2. The molecule has 0 bridgehead atoms. The maximum absolute atomic E-state index is 13.4. The van der Waals surface area contributed by atoms with Gasteiger partial charge in [0.2, 0.25) is 5.91 Å². The number of aromatic nitrogens is 2. The third-order valence-electron chi connectivity index (χ3n) is 5.96. The Morgan fingerprint density at radius 1 is 1.31 bits per heavy atom. The number of aryl methyl sites for hydroxylation is 1. The predicted molar refractivity (Wildman–Crippen MR) is 116 cm³/mol. The van der Waals surface area contributed by atoms with E-state index in [0.29, 0.717) is 29.1 Å². The van der Waals surface area contributed by atoms with Crippen molar-refractivity contribution in [2.75, 3.05) is 11.9 Å². The third kappa shape index (κ3) is 4.30. The van der Waals surface area contributed by atoms with Crippen molar-refractivity contribution in [3.63, 3.8) is 0 Å². The van der Waals surface area contributed by atoms with Crippen LogP contribution >= 0.6 is 11.3 Å². The van der Waals surface area contributed by atoms with Crippen molar-refractivity contribution in [3.05, 3.63) is 29.7 Å². The quantitative estimate of drug-likeness (QED) is 0.690. The van der Waals surface area contributed by atoms with E-state index >= 15 is 0 Å². The largest absolute Gasteiger partial charge is 0.399 e. The molecule has 0 aromatic carbocycles. The molecule has 3 amide bonds. The maximum Gasteiger partial charge on any atom is 0.399 e. The Bertz CT molecular complexity index is 1050. The lowest BCUT2D eigenvalue weighted by Gasteiger charge is -2.29. The number of anilines is 1. The number of pyridine rings is 1. The Labute approximate surface area is 188 Å². The van der Waals surface area contributed by atoms with Crippen LogP contribution in [0, 0.1) is 12.3 Å². The van der Waals surface area contributed by atoms with Gasteiger partial charge >= 0.3 is 12.2 Å². The molecular formula is C21H26F3N5O2S. The Hall–Kier alpha value is -2.69. The SMILES string of the molecule is Cc1nc(NC(=O)N2CCC(C)(C)C2C(N)=O)sc1-c1ccnc(C(C)(C)C(F)(F)F)c1. The number of carbonyl (C=O) groups excluding carboxylic acids is 2. The van der Waals surface area contributed by atoms with E-state index < -0.39 is 35.0 Å². The molecule has 3 N–H and O–H groups in total. The maximum atomic E-state index is 13.4. The second kappa shape index (κ2) is 8.02. The minimum Gasteiger partial charge on any atom is -0.368 e. The molecule has 1 unspecified atom stereocenters. The summed E-state index contributed by atoms with van der Waals surface area (Å²) in [6.07, 6.45) is -2.49. The first-order valence-electron chi connectivity index (χ1n) is 10.0. The normalized spacial score (nSPS) is 18.6. The van der Waals surface area contributed by atoms with Gasteiger partial charge in [-0.2, -0.15) is 13.2 Å². The van der Waals surface area contributed by atoms with Gasteiger partial charge in [-0.05, 0) is 50.3 Å². The van der Waals surface area contributed by atoms with Gasteiger partial charge in [0, 0.05) is 12.7 Å². The fraction of sp³-hybridized carbons (Fsp3) is 0.524. The van der Waals surface area contributed by atoms with Gasteiger partial charge in [0.15, 0.2) is 5.13 Å². The van der Waals surface area contributed by atoms with Gasteiger partial charge in [0.1, 0.15) is 11.5 Å². The van der Waals surface area contributed by atoms with Crippen LogP contribution in [0.1, 0.15) is 45.5 Å². The summed E-state index contributed by atoms with van der Waals surface area (Å²) in [4.78, 5) is 35.0. The summed E-state index contributed by atoms with van der Waals surface area (Å²) in [7, 11) is 0. The molecule has 1 aliphatic heterocycles. The molecule has 1 aliphatic rings. The van der Waals surface area contributed by atoms with Crippen LogP contribution in [0.2, 0.25) is 0 Å². The first-order valence-corrected chi connectivity index (χ1v) is 10.8. The van der Waals surface area contributed by atoms with Gasteiger partial charge in [-0.15, -0.1) is 0 Å². The number of nitrogens with zero attached hydrogens (tertiary/aromatic N) is 3. The Morgan fingerprint density at radius 2 is 1.97 bits per heavy atom. The number of nitrogens with two attached hydrogens (primary N) is 1. The van der Waals surface area contributed by atoms with Crippen LogP contribution in [-0.2, 0) is 10.2 Å². The van der Waals surface area contributed by atoms with Crippen molar-refractivity contribution in [2.24, 2.45) is 11.1 Å². The number of carbonyl (C=O) groups is 2. The monoisotopic (exact) mass is 469 g/mol. The average Bonchev–Trinajstić information content (AvgIpc) is 3.19. The molecule has 3 rings (SSSR count). The van der Waals surface area contributed by atoms with Crippen molar-refractivity contribution in [3.8, 4) is 10.4 Å². The van der Waals surface area contributed by atoms with Crippen LogP contribution in [0.25, 0.3) is 10.4 Å². The standard InChI is InChI=1S/C21H26F3N5O2S/c1-11-14(12-6-8-26-13(10-12)20(4,5)21(22,23)24)32-17(27-11)28-18(31)29-9-7-19(2,3)15(29)16(25)30/h6,8,10,15H,7,9H2,1-5H3,(H2,25,30)(H,27,28,31). The number of nitrogens with one attached hydrogen (secondary N) is 1. The highest BCUT2D eigenvalue weighted by molar-refractivity contribution is 7.19. The number of hydrogen-bond acceptors (Lipinski definition) is 5. The zero-order chi connectivity index (χ0) is 24.1. The van der Waals surface area contributed by atoms with Gasteiger partial charge < -0.3 is 10.6 Å². The lowest BCUT2D eigenvalue weighted by molar-refractivity contribution is -0.181. The number of hydrogen-bond donors (Lipinski definition) is 2. The summed E-state index contributed by atoms with van der Waals surface area (Å²) in [6, 6.07) is 1.77. The van der Waals surface area contributed by atoms with E-state index in [1.54, 1.807) is 13.0 Å². The highest BCUT2D eigenvalue weighted by Gasteiger charge is 2.49. The zero-order valence-corrected chi connectivity index (χ0v) is 19.3. The summed E-state index contributed by atoms with van der Waals surface area (Å²) in [6.45, 7) is 8.01. The number of primary amides is 1. The van der Waals surface area contributed by atoms with Crippen LogP contribution in [0.15, 0.2) is 18.3 Å². The molecule has 0 aliphatic carbocycles. The Balaban J connectivity index is 1.86. The Morgan fingerprint density at radius 3 is 2.56 bits per heavy atom. The van der Waals surface area contributed by atoms with Crippen molar-refractivity contribution in [1.82, 2.24) is 14.9 Å². The molecule has 0 spiro atoms. The number of likely N-dealkylation sites (tertiary alicyclic amines) is 1. The lowest BCUT2D eigenvalue weighted by Crippen LogP contribution is -2.50. The fourth-order valence-electron chi connectivity index (χ4n) is 3.79. The molecule has 1 saturated heterocycles. The van der Waals surface area contributed by atoms with Crippen LogP contribution in [0.5, 0.6) is 0 Å². The number of halogens is 3. The molecule has 0 saturated carbocycles. The van der Waals surface area contributed by atoms with E-state index in [4.69, 9.17) is 5.73 Å². The van der Waals surface area contributed by atoms with Crippen molar-refractivity contribution in [1.29, 1.82) is 0 Å². The van der Waals surface area contributed by atoms with Gasteiger partial charge in [-0.1, -0.05) is 25.2 Å². The molecule has 1 fully saturated rings. The van der Waals surface area contributed by atoms with Crippen molar-refractivity contribution >= 4 is 28.4 Å². The third-order valence-corrected chi connectivity index (χ3v) is 7.08. The topological polar surface area (TPSA) is 101 Å².